The highest BCUT2D eigenvalue weighted by Crippen LogP contribution is 2.32. The molecule has 116 valence electrons. The number of ether oxygens (including phenoxy) is 2. The van der Waals surface area contributed by atoms with Gasteiger partial charge in [0.1, 0.15) is 0 Å². The molecule has 1 unspecified atom stereocenters. The zero-order chi connectivity index (χ0) is 13.8. The molecule has 1 fully saturated rings. The van der Waals surface area contributed by atoms with Crippen LogP contribution in [0.3, 0.4) is 0 Å². The minimum Gasteiger partial charge on any atom is -0.454 e. The Kier molecular flexibility index (Phi) is 5.70. The van der Waals surface area contributed by atoms with Crippen molar-refractivity contribution in [3.8, 4) is 11.5 Å². The number of carbonyl (C=O) groups is 1. The summed E-state index contributed by atoms with van der Waals surface area (Å²) in [6, 6.07) is 6.27. The summed E-state index contributed by atoms with van der Waals surface area (Å²) in [6.07, 6.45) is 3.92. The van der Waals surface area contributed by atoms with E-state index in [0.29, 0.717) is 19.0 Å². The van der Waals surface area contributed by atoms with E-state index in [4.69, 9.17) is 9.47 Å². The zero-order valence-corrected chi connectivity index (χ0v) is 12.7. The number of halogens is 1. The van der Waals surface area contributed by atoms with Gasteiger partial charge in [0.15, 0.2) is 11.5 Å². The normalized spacial score (nSPS) is 19.1. The van der Waals surface area contributed by atoms with E-state index < -0.39 is 0 Å². The van der Waals surface area contributed by atoms with Gasteiger partial charge in [-0.15, -0.1) is 12.4 Å². The number of nitrogens with one attached hydrogen (secondary N) is 2. The molecule has 5 nitrogen and oxygen atoms in total. The Bertz CT molecular complexity index is 490. The fourth-order valence-corrected chi connectivity index (χ4v) is 2.65. The fourth-order valence-electron chi connectivity index (χ4n) is 2.65. The van der Waals surface area contributed by atoms with Crippen LogP contribution in [0.25, 0.3) is 0 Å². The molecule has 1 atom stereocenters. The molecule has 1 aromatic rings. The molecule has 0 aromatic heterocycles. The lowest BCUT2D eigenvalue weighted by atomic mass is 10.1. The van der Waals surface area contributed by atoms with E-state index in [0.717, 1.165) is 30.0 Å². The number of carbonyl (C=O) groups excluding carboxylic acids is 1. The van der Waals surface area contributed by atoms with Crippen LogP contribution in [0.5, 0.6) is 11.5 Å². The number of hydrogen-bond acceptors (Lipinski definition) is 4. The predicted octanol–water partition coefficient (Wildman–Crippen LogP) is 1.99. The summed E-state index contributed by atoms with van der Waals surface area (Å²) in [5, 5.41) is 6.35. The quantitative estimate of drug-likeness (QED) is 0.873. The second kappa shape index (κ2) is 7.52. The first-order chi connectivity index (χ1) is 9.81. The zero-order valence-electron chi connectivity index (χ0n) is 11.9. The monoisotopic (exact) mass is 312 g/mol. The van der Waals surface area contributed by atoms with Crippen LogP contribution in [0.4, 0.5) is 0 Å². The lowest BCUT2D eigenvalue weighted by Crippen LogP contribution is -2.27. The number of rotatable bonds is 5. The highest BCUT2D eigenvalue weighted by molar-refractivity contribution is 5.85. The molecule has 0 saturated carbocycles. The fraction of sp³-hybridized carbons (Fsp3) is 0.533. The predicted molar refractivity (Wildman–Crippen MR) is 81.9 cm³/mol. The van der Waals surface area contributed by atoms with Crippen molar-refractivity contribution in [2.45, 2.75) is 38.3 Å². The Labute approximate surface area is 130 Å². The molecule has 0 radical (unpaired) electrons. The van der Waals surface area contributed by atoms with Gasteiger partial charge in [-0.2, -0.15) is 0 Å². The molecule has 3 rings (SSSR count). The number of benzene rings is 1. The van der Waals surface area contributed by atoms with Crippen LogP contribution in [0.15, 0.2) is 18.2 Å². The first kappa shape index (κ1) is 15.9. The van der Waals surface area contributed by atoms with E-state index in [1.54, 1.807) is 0 Å². The van der Waals surface area contributed by atoms with Gasteiger partial charge in [0.05, 0.1) is 0 Å². The van der Waals surface area contributed by atoms with Gasteiger partial charge in [0, 0.05) is 19.0 Å². The van der Waals surface area contributed by atoms with Gasteiger partial charge in [0.2, 0.25) is 12.7 Å². The third kappa shape index (κ3) is 4.25. The highest BCUT2D eigenvalue weighted by Gasteiger charge is 2.16. The smallest absolute Gasteiger partial charge is 0.231 e. The van der Waals surface area contributed by atoms with Crippen LogP contribution in [0.1, 0.15) is 31.2 Å². The SMILES string of the molecule is Cl.O=C(CCC1CCCN1)NCc1ccc2c(c1)OCO2. The molecule has 0 spiro atoms. The molecule has 2 aliphatic rings. The van der Waals surface area contributed by atoms with E-state index in [-0.39, 0.29) is 25.1 Å². The van der Waals surface area contributed by atoms with Gasteiger partial charge in [-0.3, -0.25) is 4.79 Å². The second-order valence-corrected chi connectivity index (χ2v) is 5.30. The van der Waals surface area contributed by atoms with Crippen LogP contribution >= 0.6 is 12.4 Å². The van der Waals surface area contributed by atoms with Gasteiger partial charge in [-0.1, -0.05) is 6.07 Å². The first-order valence-corrected chi connectivity index (χ1v) is 7.20. The first-order valence-electron chi connectivity index (χ1n) is 7.20. The summed E-state index contributed by atoms with van der Waals surface area (Å²) in [4.78, 5) is 11.8. The molecule has 1 amide bonds. The average molecular weight is 313 g/mol. The number of fused-ring (bicyclic) bond motifs is 1. The van der Waals surface area contributed by atoms with E-state index in [1.165, 1.54) is 12.8 Å². The van der Waals surface area contributed by atoms with Crippen molar-refractivity contribution in [2.24, 2.45) is 0 Å². The van der Waals surface area contributed by atoms with Crippen LogP contribution in [-0.2, 0) is 11.3 Å². The lowest BCUT2D eigenvalue weighted by Gasteiger charge is -2.10. The number of hydrogen-bond donors (Lipinski definition) is 2. The third-order valence-corrected chi connectivity index (χ3v) is 3.81. The summed E-state index contributed by atoms with van der Waals surface area (Å²) in [5.74, 6) is 1.63. The van der Waals surface area contributed by atoms with Crippen molar-refractivity contribution in [1.82, 2.24) is 10.6 Å². The topological polar surface area (TPSA) is 59.6 Å². The Morgan fingerprint density at radius 1 is 1.33 bits per heavy atom. The van der Waals surface area contributed by atoms with Crippen molar-refractivity contribution < 1.29 is 14.3 Å². The minimum absolute atomic E-state index is 0. The standard InChI is InChI=1S/C15H20N2O3.ClH/c18-15(6-4-12-2-1-7-16-12)17-9-11-3-5-13-14(8-11)20-10-19-13;/h3,5,8,12,16H,1-2,4,6-7,9-10H2,(H,17,18);1H. The van der Waals surface area contributed by atoms with E-state index >= 15 is 0 Å². The maximum absolute atomic E-state index is 11.8. The van der Waals surface area contributed by atoms with Crippen molar-refractivity contribution >= 4 is 18.3 Å². The van der Waals surface area contributed by atoms with E-state index in [1.807, 2.05) is 18.2 Å². The van der Waals surface area contributed by atoms with Gasteiger partial charge >= 0.3 is 0 Å². The van der Waals surface area contributed by atoms with Gasteiger partial charge in [-0.05, 0) is 43.5 Å². The molecular formula is C15H21ClN2O3. The Hall–Kier alpha value is -1.46. The summed E-state index contributed by atoms with van der Waals surface area (Å²) < 4.78 is 10.6. The minimum atomic E-state index is 0. The van der Waals surface area contributed by atoms with Gasteiger partial charge in [0.25, 0.3) is 0 Å². The maximum Gasteiger partial charge on any atom is 0.231 e. The highest BCUT2D eigenvalue weighted by atomic mass is 35.5. The largest absolute Gasteiger partial charge is 0.454 e. The van der Waals surface area contributed by atoms with Crippen molar-refractivity contribution in [3.63, 3.8) is 0 Å². The van der Waals surface area contributed by atoms with Crippen LogP contribution < -0.4 is 20.1 Å². The molecular weight excluding hydrogens is 292 g/mol. The summed E-state index contributed by atoms with van der Waals surface area (Å²) in [6.45, 7) is 1.90. The molecule has 1 aromatic carbocycles. The Morgan fingerprint density at radius 2 is 2.19 bits per heavy atom. The van der Waals surface area contributed by atoms with E-state index in [9.17, 15) is 4.79 Å². The average Bonchev–Trinajstić information content (AvgIpc) is 3.13. The lowest BCUT2D eigenvalue weighted by molar-refractivity contribution is -0.121. The second-order valence-electron chi connectivity index (χ2n) is 5.30. The van der Waals surface area contributed by atoms with Gasteiger partial charge < -0.3 is 20.1 Å². The molecule has 6 heteroatoms. The van der Waals surface area contributed by atoms with Crippen LogP contribution in [0.2, 0.25) is 0 Å². The summed E-state index contributed by atoms with van der Waals surface area (Å²) in [5.41, 5.74) is 1.03. The number of amides is 1. The third-order valence-electron chi connectivity index (χ3n) is 3.81. The van der Waals surface area contributed by atoms with Crippen LogP contribution in [-0.4, -0.2) is 25.3 Å². The summed E-state index contributed by atoms with van der Waals surface area (Å²) in [7, 11) is 0. The molecule has 0 bridgehead atoms. The van der Waals surface area contributed by atoms with Crippen molar-refractivity contribution in [3.05, 3.63) is 23.8 Å². The Morgan fingerprint density at radius 3 is 3.00 bits per heavy atom. The maximum atomic E-state index is 11.8. The van der Waals surface area contributed by atoms with Gasteiger partial charge in [-0.25, -0.2) is 0 Å². The van der Waals surface area contributed by atoms with Crippen molar-refractivity contribution in [2.75, 3.05) is 13.3 Å². The molecule has 2 heterocycles. The van der Waals surface area contributed by atoms with E-state index in [2.05, 4.69) is 10.6 Å². The molecule has 2 N–H and O–H groups in total. The Balaban J connectivity index is 0.00000161. The molecule has 21 heavy (non-hydrogen) atoms. The molecule has 1 saturated heterocycles. The molecule has 2 aliphatic heterocycles. The van der Waals surface area contributed by atoms with Crippen molar-refractivity contribution in [1.29, 1.82) is 0 Å². The van der Waals surface area contributed by atoms with Crippen LogP contribution in [0, 0.1) is 0 Å². The summed E-state index contributed by atoms with van der Waals surface area (Å²) >= 11 is 0. The molecule has 0 aliphatic carbocycles.